The van der Waals surface area contributed by atoms with E-state index in [1.807, 2.05) is 42.5 Å². The summed E-state index contributed by atoms with van der Waals surface area (Å²) in [5.41, 5.74) is 0.533. The number of fused-ring (bicyclic) bond motifs is 1. The normalized spacial score (nSPS) is 11.7. The number of amides is 1. The molecule has 3 aromatic carbocycles. The van der Waals surface area contributed by atoms with Gasteiger partial charge >= 0.3 is 11.9 Å². The van der Waals surface area contributed by atoms with Crippen LogP contribution in [0.3, 0.4) is 0 Å². The van der Waals surface area contributed by atoms with Crippen LogP contribution in [0.1, 0.15) is 26.3 Å². The highest BCUT2D eigenvalue weighted by atomic mass is 16.4. The molecule has 136 valence electrons. The average molecular weight is 363 g/mol. The summed E-state index contributed by atoms with van der Waals surface area (Å²) in [6, 6.07) is 17.7. The molecule has 3 rings (SSSR count). The molecule has 0 bridgehead atoms. The predicted octanol–water partition coefficient (Wildman–Crippen LogP) is 2.96. The summed E-state index contributed by atoms with van der Waals surface area (Å²) >= 11 is 0. The first kappa shape index (κ1) is 18.1. The molecule has 0 radical (unpaired) electrons. The van der Waals surface area contributed by atoms with Crippen molar-refractivity contribution in [3.05, 3.63) is 83.4 Å². The maximum absolute atomic E-state index is 12.5. The highest BCUT2D eigenvalue weighted by Gasteiger charge is 2.24. The summed E-state index contributed by atoms with van der Waals surface area (Å²) in [4.78, 5) is 35.5. The second-order valence-corrected chi connectivity index (χ2v) is 6.06. The number of rotatable bonds is 6. The van der Waals surface area contributed by atoms with Crippen LogP contribution >= 0.6 is 0 Å². The van der Waals surface area contributed by atoms with Gasteiger partial charge in [0, 0.05) is 6.42 Å². The molecule has 1 amide bonds. The Morgan fingerprint density at radius 2 is 1.44 bits per heavy atom. The van der Waals surface area contributed by atoms with Gasteiger partial charge in [0.2, 0.25) is 0 Å². The molecule has 0 unspecified atom stereocenters. The van der Waals surface area contributed by atoms with Gasteiger partial charge in [-0.15, -0.1) is 0 Å². The van der Waals surface area contributed by atoms with E-state index in [1.165, 1.54) is 24.3 Å². The smallest absolute Gasteiger partial charge is 0.336 e. The van der Waals surface area contributed by atoms with E-state index < -0.39 is 23.9 Å². The van der Waals surface area contributed by atoms with Crippen molar-refractivity contribution in [3.63, 3.8) is 0 Å². The molecule has 0 saturated carbocycles. The van der Waals surface area contributed by atoms with Gasteiger partial charge in [0.1, 0.15) is 6.04 Å². The van der Waals surface area contributed by atoms with E-state index in [2.05, 4.69) is 5.32 Å². The molecule has 6 heteroatoms. The van der Waals surface area contributed by atoms with E-state index in [1.54, 1.807) is 0 Å². The Morgan fingerprint density at radius 3 is 2.15 bits per heavy atom. The third kappa shape index (κ3) is 3.95. The highest BCUT2D eigenvalue weighted by molar-refractivity contribution is 6.05. The van der Waals surface area contributed by atoms with E-state index in [0.717, 1.165) is 16.3 Å². The Kier molecular flexibility index (Phi) is 5.17. The zero-order chi connectivity index (χ0) is 19.4. The number of carbonyl (C=O) groups excluding carboxylic acids is 1. The Labute approximate surface area is 155 Å². The van der Waals surface area contributed by atoms with Crippen LogP contribution in [0.25, 0.3) is 10.8 Å². The lowest BCUT2D eigenvalue weighted by atomic mass is 9.98. The van der Waals surface area contributed by atoms with Crippen LogP contribution in [0.4, 0.5) is 0 Å². The lowest BCUT2D eigenvalue weighted by Crippen LogP contribution is -2.42. The number of nitrogens with one attached hydrogen (secondary N) is 1. The molecule has 3 N–H and O–H groups in total. The molecule has 0 aliphatic rings. The fraction of sp³-hybridized carbons (Fsp3) is 0.0952. The molecule has 27 heavy (non-hydrogen) atoms. The largest absolute Gasteiger partial charge is 0.480 e. The third-order valence-electron chi connectivity index (χ3n) is 4.31. The minimum Gasteiger partial charge on any atom is -0.480 e. The van der Waals surface area contributed by atoms with Crippen molar-refractivity contribution < 1.29 is 24.6 Å². The van der Waals surface area contributed by atoms with E-state index >= 15 is 0 Å². The number of carbonyl (C=O) groups is 3. The van der Waals surface area contributed by atoms with Crippen molar-refractivity contribution in [1.82, 2.24) is 5.32 Å². The predicted molar refractivity (Wildman–Crippen MR) is 99.9 cm³/mol. The number of hydrogen-bond acceptors (Lipinski definition) is 3. The first-order valence-corrected chi connectivity index (χ1v) is 8.30. The number of benzene rings is 3. The molecule has 0 fully saturated rings. The van der Waals surface area contributed by atoms with Crippen LogP contribution in [0.2, 0.25) is 0 Å². The summed E-state index contributed by atoms with van der Waals surface area (Å²) in [5, 5.41) is 23.1. The first-order valence-electron chi connectivity index (χ1n) is 8.30. The molecule has 1 atom stereocenters. The van der Waals surface area contributed by atoms with Gasteiger partial charge in [0.25, 0.3) is 5.91 Å². The van der Waals surface area contributed by atoms with E-state index in [-0.39, 0.29) is 17.5 Å². The van der Waals surface area contributed by atoms with Gasteiger partial charge in [-0.25, -0.2) is 9.59 Å². The molecule has 0 heterocycles. The number of carboxylic acid groups (broad SMARTS) is 2. The van der Waals surface area contributed by atoms with Crippen molar-refractivity contribution in [1.29, 1.82) is 0 Å². The lowest BCUT2D eigenvalue weighted by molar-refractivity contribution is -0.139. The van der Waals surface area contributed by atoms with Crippen molar-refractivity contribution >= 4 is 28.6 Å². The Hall–Kier alpha value is -3.67. The molecule has 0 aliphatic heterocycles. The highest BCUT2D eigenvalue weighted by Crippen LogP contribution is 2.20. The molecule has 0 saturated heterocycles. The standard InChI is InChI=1S/C21H17NO5/c23-19(16-10-3-4-11-17(16)20(24)25)22-18(21(26)27)12-14-8-5-7-13-6-1-2-9-15(13)14/h1-11,18H,12H2,(H,22,23)(H,24,25)(H,26,27)/t18-/m0/s1. The number of carboxylic acids is 2. The van der Waals surface area contributed by atoms with Crippen LogP contribution < -0.4 is 5.32 Å². The average Bonchev–Trinajstić information content (AvgIpc) is 2.67. The molecule has 3 aromatic rings. The van der Waals surface area contributed by atoms with E-state index in [4.69, 9.17) is 0 Å². The summed E-state index contributed by atoms with van der Waals surface area (Å²) in [5.74, 6) is -3.17. The molecular formula is C21H17NO5. The Balaban J connectivity index is 1.88. The van der Waals surface area contributed by atoms with Crippen LogP contribution in [0.15, 0.2) is 66.7 Å². The van der Waals surface area contributed by atoms with Crippen molar-refractivity contribution in [2.75, 3.05) is 0 Å². The summed E-state index contributed by atoms with van der Waals surface area (Å²) < 4.78 is 0. The first-order chi connectivity index (χ1) is 13.0. The van der Waals surface area contributed by atoms with Crippen LogP contribution in [0.5, 0.6) is 0 Å². The summed E-state index contributed by atoms with van der Waals surface area (Å²) in [7, 11) is 0. The molecule has 0 spiro atoms. The van der Waals surface area contributed by atoms with Crippen LogP contribution in [-0.2, 0) is 11.2 Å². The quantitative estimate of drug-likeness (QED) is 0.625. The van der Waals surface area contributed by atoms with Crippen LogP contribution in [-0.4, -0.2) is 34.1 Å². The van der Waals surface area contributed by atoms with Gasteiger partial charge in [0.05, 0.1) is 11.1 Å². The summed E-state index contributed by atoms with van der Waals surface area (Å²) in [6.07, 6.45) is 0.0810. The maximum Gasteiger partial charge on any atom is 0.336 e. The molecule has 0 aromatic heterocycles. The van der Waals surface area contributed by atoms with Gasteiger partial charge in [-0.2, -0.15) is 0 Å². The van der Waals surface area contributed by atoms with Crippen molar-refractivity contribution in [3.8, 4) is 0 Å². The minimum atomic E-state index is -1.25. The van der Waals surface area contributed by atoms with Gasteiger partial charge in [0.15, 0.2) is 0 Å². The third-order valence-corrected chi connectivity index (χ3v) is 4.31. The summed E-state index contributed by atoms with van der Waals surface area (Å²) in [6.45, 7) is 0. The van der Waals surface area contributed by atoms with Gasteiger partial charge < -0.3 is 15.5 Å². The van der Waals surface area contributed by atoms with Gasteiger partial charge in [-0.1, -0.05) is 54.6 Å². The van der Waals surface area contributed by atoms with Gasteiger partial charge in [-0.3, -0.25) is 4.79 Å². The second kappa shape index (κ2) is 7.70. The number of aliphatic carboxylic acids is 1. The Morgan fingerprint density at radius 1 is 0.815 bits per heavy atom. The molecule has 0 aliphatic carbocycles. The topological polar surface area (TPSA) is 104 Å². The monoisotopic (exact) mass is 363 g/mol. The van der Waals surface area contributed by atoms with Crippen LogP contribution in [0, 0.1) is 0 Å². The molecule has 6 nitrogen and oxygen atoms in total. The van der Waals surface area contributed by atoms with Gasteiger partial charge in [-0.05, 0) is 28.5 Å². The zero-order valence-electron chi connectivity index (χ0n) is 14.3. The number of hydrogen-bond donors (Lipinski definition) is 3. The van der Waals surface area contributed by atoms with Crippen molar-refractivity contribution in [2.24, 2.45) is 0 Å². The number of aromatic carboxylic acids is 1. The fourth-order valence-corrected chi connectivity index (χ4v) is 2.99. The molecular weight excluding hydrogens is 346 g/mol. The van der Waals surface area contributed by atoms with Crippen molar-refractivity contribution in [2.45, 2.75) is 12.5 Å². The van der Waals surface area contributed by atoms with E-state index in [9.17, 15) is 24.6 Å². The zero-order valence-corrected chi connectivity index (χ0v) is 14.3. The lowest BCUT2D eigenvalue weighted by Gasteiger charge is -2.16. The fourth-order valence-electron chi connectivity index (χ4n) is 2.99. The maximum atomic E-state index is 12.5. The second-order valence-electron chi connectivity index (χ2n) is 6.06. The van der Waals surface area contributed by atoms with E-state index in [0.29, 0.717) is 0 Å². The SMILES string of the molecule is O=C(O)c1ccccc1C(=O)N[C@@H](Cc1cccc2ccccc12)C(=O)O. The minimum absolute atomic E-state index is 0.0748. The Bertz CT molecular complexity index is 1020.